The SMILES string of the molecule is CC[C@H](C)[C@H](NC(=O)[C@@H](N)Cc1ccccc1)C(=O)N[C@@H](C)C(=O)N[C@@H](Cc1cn(C(=O)OC(C)(C)C)c2ccccc12)C(=O)O. The number of hydrogen-bond acceptors (Lipinski definition) is 7. The fourth-order valence-electron chi connectivity index (χ4n) is 4.88. The first kappa shape index (κ1) is 35.8. The lowest BCUT2D eigenvalue weighted by atomic mass is 9.97. The number of carbonyl (C=O) groups is 5. The molecular formula is C34H45N5O7. The molecule has 248 valence electrons. The van der Waals surface area contributed by atoms with Crippen molar-refractivity contribution in [1.29, 1.82) is 0 Å². The predicted octanol–water partition coefficient (Wildman–Crippen LogP) is 3.14. The van der Waals surface area contributed by atoms with E-state index in [1.807, 2.05) is 37.3 Å². The molecule has 5 atom stereocenters. The van der Waals surface area contributed by atoms with E-state index in [2.05, 4.69) is 16.0 Å². The number of carboxylic acids is 1. The molecule has 0 spiro atoms. The maximum absolute atomic E-state index is 13.3. The molecule has 0 bridgehead atoms. The molecule has 3 amide bonds. The van der Waals surface area contributed by atoms with Crippen molar-refractivity contribution in [2.75, 3.05) is 0 Å². The molecule has 2 aromatic carbocycles. The Morgan fingerprint density at radius 1 is 0.870 bits per heavy atom. The number of benzene rings is 2. The van der Waals surface area contributed by atoms with Crippen LogP contribution in [0.3, 0.4) is 0 Å². The lowest BCUT2D eigenvalue weighted by Gasteiger charge is -2.27. The van der Waals surface area contributed by atoms with E-state index in [1.165, 1.54) is 17.7 Å². The van der Waals surface area contributed by atoms with Crippen LogP contribution in [0.4, 0.5) is 4.79 Å². The number of ether oxygens (including phenoxy) is 1. The van der Waals surface area contributed by atoms with E-state index in [1.54, 1.807) is 52.0 Å². The summed E-state index contributed by atoms with van der Waals surface area (Å²) in [5.41, 5.74) is 7.30. The van der Waals surface area contributed by atoms with E-state index in [0.717, 1.165) is 5.56 Å². The Labute approximate surface area is 269 Å². The van der Waals surface area contributed by atoms with Crippen molar-refractivity contribution in [2.24, 2.45) is 11.7 Å². The van der Waals surface area contributed by atoms with Gasteiger partial charge in [-0.1, -0.05) is 68.8 Å². The number of fused-ring (bicyclic) bond motifs is 1. The first-order valence-corrected chi connectivity index (χ1v) is 15.4. The van der Waals surface area contributed by atoms with Gasteiger partial charge in [0.25, 0.3) is 0 Å². The van der Waals surface area contributed by atoms with Crippen LogP contribution in [0.15, 0.2) is 60.8 Å². The number of amides is 3. The van der Waals surface area contributed by atoms with Gasteiger partial charge in [0.05, 0.1) is 11.6 Å². The molecule has 1 aromatic heterocycles. The maximum Gasteiger partial charge on any atom is 0.419 e. The van der Waals surface area contributed by atoms with Gasteiger partial charge in [-0.05, 0) is 57.2 Å². The van der Waals surface area contributed by atoms with Crippen molar-refractivity contribution in [3.8, 4) is 0 Å². The Morgan fingerprint density at radius 2 is 1.50 bits per heavy atom. The fourth-order valence-corrected chi connectivity index (χ4v) is 4.88. The van der Waals surface area contributed by atoms with Gasteiger partial charge < -0.3 is 31.5 Å². The minimum Gasteiger partial charge on any atom is -0.480 e. The number of aromatic nitrogens is 1. The summed E-state index contributed by atoms with van der Waals surface area (Å²) in [5.74, 6) is -3.40. The molecule has 0 saturated heterocycles. The smallest absolute Gasteiger partial charge is 0.419 e. The summed E-state index contributed by atoms with van der Waals surface area (Å²) in [6.07, 6.45) is 1.60. The molecule has 0 aliphatic rings. The fraction of sp³-hybridized carbons (Fsp3) is 0.441. The van der Waals surface area contributed by atoms with Crippen LogP contribution in [0.1, 0.15) is 59.1 Å². The summed E-state index contributed by atoms with van der Waals surface area (Å²) >= 11 is 0. The lowest BCUT2D eigenvalue weighted by Crippen LogP contribution is -2.58. The van der Waals surface area contributed by atoms with Gasteiger partial charge in [0.15, 0.2) is 0 Å². The highest BCUT2D eigenvalue weighted by atomic mass is 16.6. The standard InChI is InChI=1S/C34H45N5O7/c1-7-20(2)28(38-30(41)25(35)17-22-13-9-8-10-14-22)31(42)36-21(3)29(40)37-26(32(43)44)18-23-19-39(33(45)46-34(4,5)6)27-16-12-11-15-24(23)27/h8-16,19-21,25-26,28H,7,17-18,35H2,1-6H3,(H,36,42)(H,37,40)(H,38,41)(H,43,44)/t20-,21-,25-,26-,28-/m0/s1. The summed E-state index contributed by atoms with van der Waals surface area (Å²) in [6, 6.07) is 11.9. The Hall–Kier alpha value is -4.71. The highest BCUT2D eigenvalue weighted by Crippen LogP contribution is 2.24. The van der Waals surface area contributed by atoms with Gasteiger partial charge in [-0.3, -0.25) is 19.0 Å². The Bertz CT molecular complexity index is 1550. The van der Waals surface area contributed by atoms with Gasteiger partial charge in [-0.25, -0.2) is 9.59 Å². The van der Waals surface area contributed by atoms with E-state index in [9.17, 15) is 29.1 Å². The van der Waals surface area contributed by atoms with Gasteiger partial charge in [0, 0.05) is 18.0 Å². The van der Waals surface area contributed by atoms with Crippen LogP contribution in [0.2, 0.25) is 0 Å². The Morgan fingerprint density at radius 3 is 2.11 bits per heavy atom. The zero-order valence-corrected chi connectivity index (χ0v) is 27.2. The van der Waals surface area contributed by atoms with Crippen LogP contribution in [-0.2, 0) is 36.8 Å². The first-order valence-electron chi connectivity index (χ1n) is 15.4. The number of aliphatic carboxylic acids is 1. The number of rotatable bonds is 13. The molecule has 0 radical (unpaired) electrons. The van der Waals surface area contributed by atoms with E-state index in [4.69, 9.17) is 10.5 Å². The minimum absolute atomic E-state index is 0.136. The van der Waals surface area contributed by atoms with Gasteiger partial charge in [-0.2, -0.15) is 0 Å². The number of nitrogens with one attached hydrogen (secondary N) is 3. The van der Waals surface area contributed by atoms with E-state index < -0.39 is 59.6 Å². The lowest BCUT2D eigenvalue weighted by molar-refractivity contribution is -0.142. The van der Waals surface area contributed by atoms with E-state index in [-0.39, 0.29) is 18.8 Å². The summed E-state index contributed by atoms with van der Waals surface area (Å²) in [4.78, 5) is 64.4. The number of hydrogen-bond donors (Lipinski definition) is 5. The van der Waals surface area contributed by atoms with Gasteiger partial charge >= 0.3 is 12.1 Å². The van der Waals surface area contributed by atoms with Crippen molar-refractivity contribution < 1.29 is 33.8 Å². The third-order valence-electron chi connectivity index (χ3n) is 7.60. The zero-order valence-electron chi connectivity index (χ0n) is 27.2. The van der Waals surface area contributed by atoms with Crippen molar-refractivity contribution >= 4 is 40.7 Å². The molecule has 1 heterocycles. The van der Waals surface area contributed by atoms with E-state index >= 15 is 0 Å². The molecule has 0 fully saturated rings. The number of para-hydroxylation sites is 1. The molecule has 12 heteroatoms. The average molecular weight is 636 g/mol. The molecule has 0 unspecified atom stereocenters. The molecule has 46 heavy (non-hydrogen) atoms. The van der Waals surface area contributed by atoms with Crippen LogP contribution >= 0.6 is 0 Å². The molecule has 12 nitrogen and oxygen atoms in total. The highest BCUT2D eigenvalue weighted by molar-refractivity contribution is 5.95. The summed E-state index contributed by atoms with van der Waals surface area (Å²) < 4.78 is 6.82. The van der Waals surface area contributed by atoms with Crippen LogP contribution in [0, 0.1) is 5.92 Å². The second-order valence-electron chi connectivity index (χ2n) is 12.5. The molecule has 3 rings (SSSR count). The molecule has 6 N–H and O–H groups in total. The third kappa shape index (κ3) is 9.64. The quantitative estimate of drug-likeness (QED) is 0.190. The number of carboxylic acid groups (broad SMARTS) is 1. The van der Waals surface area contributed by atoms with Gasteiger partial charge in [0.2, 0.25) is 17.7 Å². The van der Waals surface area contributed by atoms with Crippen LogP contribution in [-0.4, -0.2) is 69.2 Å². The van der Waals surface area contributed by atoms with Crippen LogP contribution < -0.4 is 21.7 Å². The second kappa shape index (κ2) is 15.5. The molecular weight excluding hydrogens is 590 g/mol. The predicted molar refractivity (Wildman–Crippen MR) is 174 cm³/mol. The molecule has 0 saturated carbocycles. The van der Waals surface area contributed by atoms with Gasteiger partial charge in [-0.15, -0.1) is 0 Å². The largest absolute Gasteiger partial charge is 0.480 e. The number of carbonyl (C=O) groups excluding carboxylic acids is 4. The van der Waals surface area contributed by atoms with Crippen molar-refractivity contribution in [1.82, 2.24) is 20.5 Å². The Balaban J connectivity index is 1.70. The number of nitrogens with two attached hydrogens (primary N) is 1. The summed E-state index contributed by atoms with van der Waals surface area (Å²) in [6.45, 7) is 10.3. The van der Waals surface area contributed by atoms with E-state index in [0.29, 0.717) is 22.9 Å². The minimum atomic E-state index is -1.37. The molecule has 0 aliphatic heterocycles. The van der Waals surface area contributed by atoms with Crippen molar-refractivity contribution in [2.45, 2.75) is 90.6 Å². The summed E-state index contributed by atoms with van der Waals surface area (Å²) in [5, 5.41) is 18.4. The average Bonchev–Trinajstić information content (AvgIpc) is 3.37. The second-order valence-corrected chi connectivity index (χ2v) is 12.5. The highest BCUT2D eigenvalue weighted by Gasteiger charge is 2.31. The maximum atomic E-state index is 13.3. The van der Waals surface area contributed by atoms with Crippen LogP contribution in [0.5, 0.6) is 0 Å². The topological polar surface area (TPSA) is 182 Å². The monoisotopic (exact) mass is 635 g/mol. The third-order valence-corrected chi connectivity index (χ3v) is 7.60. The van der Waals surface area contributed by atoms with Crippen molar-refractivity contribution in [3.63, 3.8) is 0 Å². The first-order chi connectivity index (χ1) is 21.6. The summed E-state index contributed by atoms with van der Waals surface area (Å²) in [7, 11) is 0. The van der Waals surface area contributed by atoms with Gasteiger partial charge in [0.1, 0.15) is 23.7 Å². The molecule has 3 aromatic rings. The Kier molecular flexibility index (Phi) is 12.1. The number of nitrogens with zero attached hydrogens (tertiary/aromatic N) is 1. The zero-order chi connectivity index (χ0) is 34.2. The molecule has 0 aliphatic carbocycles. The van der Waals surface area contributed by atoms with Crippen molar-refractivity contribution in [3.05, 3.63) is 71.9 Å². The normalized spacial score (nSPS) is 14.8. The van der Waals surface area contributed by atoms with Crippen LogP contribution in [0.25, 0.3) is 10.9 Å².